The van der Waals surface area contributed by atoms with Crippen molar-refractivity contribution in [2.75, 3.05) is 18.1 Å². The summed E-state index contributed by atoms with van der Waals surface area (Å²) in [5.74, 6) is -3.33. The number of nitro groups is 1. The Labute approximate surface area is 190 Å². The third-order valence-corrected chi connectivity index (χ3v) is 5.79. The minimum atomic E-state index is -1.18. The van der Waals surface area contributed by atoms with E-state index < -0.39 is 34.7 Å². The maximum absolute atomic E-state index is 13.0. The molecule has 2 heterocycles. The summed E-state index contributed by atoms with van der Waals surface area (Å²) < 4.78 is 5.23. The number of halogens is 1. The molecule has 32 heavy (non-hydrogen) atoms. The molecule has 1 unspecified atom stereocenters. The smallest absolute Gasteiger partial charge is 0.397 e. The van der Waals surface area contributed by atoms with E-state index in [0.717, 1.165) is 9.80 Å². The molecule has 0 N–H and O–H groups in total. The van der Waals surface area contributed by atoms with Gasteiger partial charge in [0.25, 0.3) is 17.5 Å². The van der Waals surface area contributed by atoms with Gasteiger partial charge in [0, 0.05) is 10.5 Å². The van der Waals surface area contributed by atoms with E-state index in [2.05, 4.69) is 15.9 Å². The van der Waals surface area contributed by atoms with Crippen LogP contribution in [-0.4, -0.2) is 52.7 Å². The highest BCUT2D eigenvalue weighted by molar-refractivity contribution is 9.10. The molecule has 4 rings (SSSR count). The lowest BCUT2D eigenvalue weighted by Gasteiger charge is -2.27. The molecule has 2 aliphatic heterocycles. The largest absolute Gasteiger partial charge is 0.459 e. The van der Waals surface area contributed by atoms with Gasteiger partial charge in [-0.05, 0) is 37.1 Å². The van der Waals surface area contributed by atoms with Gasteiger partial charge in [-0.15, -0.1) is 0 Å². The van der Waals surface area contributed by atoms with Gasteiger partial charge in [0.2, 0.25) is 0 Å². The summed E-state index contributed by atoms with van der Waals surface area (Å²) in [6.07, 6.45) is 0.105. The summed E-state index contributed by atoms with van der Waals surface area (Å²) in [4.78, 5) is 63.8. The van der Waals surface area contributed by atoms with Gasteiger partial charge < -0.3 is 4.74 Å². The molecule has 1 atom stereocenters. The fourth-order valence-electron chi connectivity index (χ4n) is 4.06. The van der Waals surface area contributed by atoms with Crippen molar-refractivity contribution in [2.45, 2.75) is 19.4 Å². The second-order valence-corrected chi connectivity index (χ2v) is 8.13. The number of rotatable bonds is 4. The highest BCUT2D eigenvalue weighted by Crippen LogP contribution is 2.42. The van der Waals surface area contributed by atoms with Crippen molar-refractivity contribution in [3.63, 3.8) is 0 Å². The van der Waals surface area contributed by atoms with E-state index in [0.29, 0.717) is 10.0 Å². The number of nitrogens with zero attached hydrogens (tertiary/aromatic N) is 3. The minimum Gasteiger partial charge on any atom is -0.459 e. The number of hydrogen-bond donors (Lipinski definition) is 0. The maximum Gasteiger partial charge on any atom is 0.397 e. The van der Waals surface area contributed by atoms with Gasteiger partial charge in [0.05, 0.1) is 35.2 Å². The predicted octanol–water partition coefficient (Wildman–Crippen LogP) is 2.47. The summed E-state index contributed by atoms with van der Waals surface area (Å²) in [6.45, 7) is 1.23. The van der Waals surface area contributed by atoms with Gasteiger partial charge in [-0.2, -0.15) is 0 Å². The highest BCUT2D eigenvalue weighted by atomic mass is 79.9. The molecule has 0 fully saturated rings. The SMILES string of the molecule is CCOC(=O)C(=O)N1c2c(cc(Br)cc2[N+](=O)[O-])CC1CN1C(=O)c2ccccc2C1=O. The molecule has 3 amide bonds. The average molecular weight is 502 g/mol. The van der Waals surface area contributed by atoms with E-state index in [1.165, 1.54) is 25.1 Å². The second-order valence-electron chi connectivity index (χ2n) is 7.21. The van der Waals surface area contributed by atoms with Gasteiger partial charge in [-0.25, -0.2) is 4.79 Å². The van der Waals surface area contributed by atoms with Crippen LogP contribution >= 0.6 is 15.9 Å². The number of anilines is 1. The maximum atomic E-state index is 13.0. The van der Waals surface area contributed by atoms with Crippen molar-refractivity contribution < 1.29 is 28.8 Å². The van der Waals surface area contributed by atoms with Gasteiger partial charge in [0.15, 0.2) is 0 Å². The monoisotopic (exact) mass is 501 g/mol. The van der Waals surface area contributed by atoms with Crippen LogP contribution < -0.4 is 4.90 Å². The van der Waals surface area contributed by atoms with Crippen LogP contribution in [0.4, 0.5) is 11.4 Å². The van der Waals surface area contributed by atoms with Crippen molar-refractivity contribution in [1.29, 1.82) is 0 Å². The van der Waals surface area contributed by atoms with E-state index in [9.17, 15) is 29.3 Å². The number of carbonyl (C=O) groups is 4. The lowest BCUT2D eigenvalue weighted by Crippen LogP contribution is -2.49. The van der Waals surface area contributed by atoms with Crippen LogP contribution in [0.2, 0.25) is 0 Å². The predicted molar refractivity (Wildman–Crippen MR) is 114 cm³/mol. The van der Waals surface area contributed by atoms with E-state index in [-0.39, 0.29) is 42.1 Å². The molecule has 10 nitrogen and oxygen atoms in total. The van der Waals surface area contributed by atoms with Crippen molar-refractivity contribution in [3.8, 4) is 0 Å². The Morgan fingerprint density at radius 2 is 1.81 bits per heavy atom. The summed E-state index contributed by atoms with van der Waals surface area (Å²) in [6, 6.07) is 8.29. The third-order valence-electron chi connectivity index (χ3n) is 5.33. The van der Waals surface area contributed by atoms with Gasteiger partial charge in [-0.3, -0.25) is 34.3 Å². The number of carbonyl (C=O) groups excluding carboxylic acids is 4. The van der Waals surface area contributed by atoms with Gasteiger partial charge in [0.1, 0.15) is 5.69 Å². The third kappa shape index (κ3) is 3.44. The number of nitro benzene ring substituents is 1. The van der Waals surface area contributed by atoms with Crippen LogP contribution in [0.25, 0.3) is 0 Å². The molecule has 0 aliphatic carbocycles. The molecule has 11 heteroatoms. The molecule has 2 aromatic carbocycles. The molecular weight excluding hydrogens is 486 g/mol. The van der Waals surface area contributed by atoms with Crippen LogP contribution in [-0.2, 0) is 20.7 Å². The molecular formula is C21H16BrN3O7. The van der Waals surface area contributed by atoms with Crippen molar-refractivity contribution in [2.24, 2.45) is 0 Å². The zero-order valence-electron chi connectivity index (χ0n) is 16.7. The molecule has 2 aliphatic rings. The van der Waals surface area contributed by atoms with Crippen LogP contribution in [0.15, 0.2) is 40.9 Å². The van der Waals surface area contributed by atoms with Gasteiger partial charge in [-0.1, -0.05) is 28.1 Å². The van der Waals surface area contributed by atoms with Crippen LogP contribution in [0.5, 0.6) is 0 Å². The minimum absolute atomic E-state index is 0.0436. The number of benzene rings is 2. The van der Waals surface area contributed by atoms with Crippen molar-refractivity contribution >= 4 is 51.0 Å². The lowest BCUT2D eigenvalue weighted by molar-refractivity contribution is -0.384. The molecule has 0 aromatic heterocycles. The number of amides is 3. The number of ether oxygens (including phenoxy) is 1. The lowest BCUT2D eigenvalue weighted by atomic mass is 10.1. The molecule has 0 saturated heterocycles. The fourth-order valence-corrected chi connectivity index (χ4v) is 4.55. The molecule has 2 aromatic rings. The normalized spacial score (nSPS) is 16.8. The zero-order chi connectivity index (χ0) is 23.2. The standard InChI is InChI=1S/C21H16BrN3O7/c1-2-32-21(29)20(28)24-13(8-11-7-12(22)9-16(17(11)24)25(30)31)10-23-18(26)14-5-3-4-6-15(14)19(23)27/h3-7,9,13H,2,8,10H2,1H3. The van der Waals surface area contributed by atoms with Gasteiger partial charge >= 0.3 is 11.9 Å². The topological polar surface area (TPSA) is 127 Å². The number of hydrogen-bond acceptors (Lipinski definition) is 7. The Morgan fingerprint density at radius 3 is 2.38 bits per heavy atom. The Kier molecular flexibility index (Phi) is 5.51. The van der Waals surface area contributed by atoms with Crippen LogP contribution in [0.3, 0.4) is 0 Å². The van der Waals surface area contributed by atoms with Crippen LogP contribution in [0, 0.1) is 10.1 Å². The average Bonchev–Trinajstić information content (AvgIpc) is 3.23. The highest BCUT2D eigenvalue weighted by Gasteiger charge is 2.45. The molecule has 0 bridgehead atoms. The Hall–Kier alpha value is -3.60. The summed E-state index contributed by atoms with van der Waals surface area (Å²) in [5, 5.41) is 11.7. The number of imide groups is 1. The van der Waals surface area contributed by atoms with E-state index in [1.54, 1.807) is 18.2 Å². The summed E-state index contributed by atoms with van der Waals surface area (Å²) >= 11 is 3.22. The first kappa shape index (κ1) is 21.6. The molecule has 0 saturated carbocycles. The van der Waals surface area contributed by atoms with E-state index in [1.807, 2.05) is 0 Å². The first-order chi connectivity index (χ1) is 15.2. The molecule has 164 valence electrons. The quantitative estimate of drug-likeness (QED) is 0.207. The second kappa shape index (κ2) is 8.15. The van der Waals surface area contributed by atoms with Crippen molar-refractivity contribution in [1.82, 2.24) is 4.90 Å². The number of esters is 1. The fraction of sp³-hybridized carbons (Fsp3) is 0.238. The van der Waals surface area contributed by atoms with Crippen LogP contribution in [0.1, 0.15) is 33.2 Å². The van der Waals surface area contributed by atoms with E-state index in [4.69, 9.17) is 4.74 Å². The van der Waals surface area contributed by atoms with Crippen molar-refractivity contribution in [3.05, 3.63) is 67.7 Å². The summed E-state index contributed by atoms with van der Waals surface area (Å²) in [7, 11) is 0. The Balaban J connectivity index is 1.75. The zero-order valence-corrected chi connectivity index (χ0v) is 18.3. The molecule has 0 radical (unpaired) electrons. The first-order valence-corrected chi connectivity index (χ1v) is 10.5. The Morgan fingerprint density at radius 1 is 1.19 bits per heavy atom. The Bertz CT molecular complexity index is 1160. The molecule has 0 spiro atoms. The first-order valence-electron chi connectivity index (χ1n) is 9.67. The number of fused-ring (bicyclic) bond motifs is 2. The summed E-state index contributed by atoms with van der Waals surface area (Å²) in [5.41, 5.74) is 0.495. The van der Waals surface area contributed by atoms with E-state index >= 15 is 0 Å².